The Morgan fingerprint density at radius 2 is 2.20 bits per heavy atom. The van der Waals surface area contributed by atoms with Gasteiger partial charge in [-0.15, -0.1) is 0 Å². The third-order valence-electron chi connectivity index (χ3n) is 4.31. The van der Waals surface area contributed by atoms with E-state index in [1.807, 2.05) is 4.68 Å². The topological polar surface area (TPSA) is 46.0 Å². The van der Waals surface area contributed by atoms with Gasteiger partial charge >= 0.3 is 0 Å². The molecule has 5 nitrogen and oxygen atoms in total. The van der Waals surface area contributed by atoms with Crippen LogP contribution in [0.2, 0.25) is 0 Å². The molecular formula is C15H29N5. The fourth-order valence-corrected chi connectivity index (χ4v) is 3.21. The minimum atomic E-state index is 0.383. The summed E-state index contributed by atoms with van der Waals surface area (Å²) in [5.41, 5.74) is 0. The molecule has 2 rings (SSSR count). The van der Waals surface area contributed by atoms with E-state index in [1.165, 1.54) is 19.4 Å². The molecule has 2 atom stereocenters. The van der Waals surface area contributed by atoms with Crippen LogP contribution in [0.1, 0.15) is 52.4 Å². The lowest BCUT2D eigenvalue weighted by molar-refractivity contribution is 0.125. The number of piperidine rings is 1. The largest absolute Gasteiger partial charge is 0.314 e. The van der Waals surface area contributed by atoms with Crippen molar-refractivity contribution in [3.63, 3.8) is 0 Å². The molecule has 0 spiro atoms. The Morgan fingerprint density at radius 1 is 1.40 bits per heavy atom. The minimum Gasteiger partial charge on any atom is -0.314 e. The average Bonchev–Trinajstić information content (AvgIpc) is 2.89. The third kappa shape index (κ3) is 3.58. The van der Waals surface area contributed by atoms with Crippen LogP contribution in [-0.4, -0.2) is 45.3 Å². The van der Waals surface area contributed by atoms with Crippen molar-refractivity contribution in [2.45, 2.75) is 59.2 Å². The molecule has 0 amide bonds. The van der Waals surface area contributed by atoms with Crippen molar-refractivity contribution in [1.82, 2.24) is 25.0 Å². The van der Waals surface area contributed by atoms with E-state index in [2.05, 4.69) is 48.0 Å². The van der Waals surface area contributed by atoms with Gasteiger partial charge < -0.3 is 5.32 Å². The summed E-state index contributed by atoms with van der Waals surface area (Å²) in [5.74, 6) is 1.84. The Bertz CT molecular complexity index is 401. The molecule has 1 aliphatic rings. The second-order valence-corrected chi connectivity index (χ2v) is 6.07. The van der Waals surface area contributed by atoms with Crippen molar-refractivity contribution in [3.05, 3.63) is 12.2 Å². The second kappa shape index (κ2) is 7.18. The number of aromatic nitrogens is 3. The van der Waals surface area contributed by atoms with E-state index in [4.69, 9.17) is 0 Å². The lowest BCUT2D eigenvalue weighted by atomic mass is 9.90. The minimum absolute atomic E-state index is 0.383. The molecule has 114 valence electrons. The highest BCUT2D eigenvalue weighted by Gasteiger charge is 2.28. The van der Waals surface area contributed by atoms with E-state index >= 15 is 0 Å². The Labute approximate surface area is 122 Å². The summed E-state index contributed by atoms with van der Waals surface area (Å²) in [5, 5.41) is 7.97. The van der Waals surface area contributed by atoms with Crippen LogP contribution in [0.3, 0.4) is 0 Å². The number of hydrogen-bond acceptors (Lipinski definition) is 4. The molecule has 0 radical (unpaired) electrons. The summed E-state index contributed by atoms with van der Waals surface area (Å²) < 4.78 is 2.04. The van der Waals surface area contributed by atoms with E-state index in [9.17, 15) is 0 Å². The van der Waals surface area contributed by atoms with Crippen LogP contribution < -0.4 is 5.32 Å². The molecule has 0 saturated carbocycles. The van der Waals surface area contributed by atoms with Crippen LogP contribution in [0.25, 0.3) is 0 Å². The van der Waals surface area contributed by atoms with Crippen LogP contribution in [0, 0.1) is 5.92 Å². The zero-order valence-corrected chi connectivity index (χ0v) is 13.3. The van der Waals surface area contributed by atoms with Gasteiger partial charge in [-0.2, -0.15) is 5.10 Å². The highest BCUT2D eigenvalue weighted by Crippen LogP contribution is 2.21. The Balaban J connectivity index is 1.96. The molecule has 5 heteroatoms. The lowest BCUT2D eigenvalue weighted by Gasteiger charge is -2.38. The SMILES string of the molecule is CCNC1CCN(Cc2ncnn2C(C)C)CC1CC. The smallest absolute Gasteiger partial charge is 0.141 e. The number of hydrogen-bond donors (Lipinski definition) is 1. The zero-order valence-electron chi connectivity index (χ0n) is 13.3. The first-order valence-corrected chi connectivity index (χ1v) is 7.99. The standard InChI is InChI=1S/C15H29N5/c1-5-13-9-19(8-7-14(13)16-6-2)10-15-17-11-18-20(15)12(3)4/h11-14,16H,5-10H2,1-4H3. The van der Waals surface area contributed by atoms with Crippen LogP contribution >= 0.6 is 0 Å². The van der Waals surface area contributed by atoms with E-state index in [1.54, 1.807) is 6.33 Å². The lowest BCUT2D eigenvalue weighted by Crippen LogP contribution is -2.49. The molecular weight excluding hydrogens is 250 g/mol. The number of rotatable bonds is 6. The molecule has 0 aliphatic carbocycles. The van der Waals surface area contributed by atoms with Gasteiger partial charge in [0.15, 0.2) is 0 Å². The highest BCUT2D eigenvalue weighted by molar-refractivity contribution is 4.90. The van der Waals surface area contributed by atoms with Crippen LogP contribution in [0.15, 0.2) is 6.33 Å². The van der Waals surface area contributed by atoms with Crippen molar-refractivity contribution in [2.75, 3.05) is 19.6 Å². The fourth-order valence-electron chi connectivity index (χ4n) is 3.21. The number of nitrogens with one attached hydrogen (secondary N) is 1. The number of likely N-dealkylation sites (tertiary alicyclic amines) is 1. The van der Waals surface area contributed by atoms with Crippen molar-refractivity contribution in [3.8, 4) is 0 Å². The molecule has 1 fully saturated rings. The predicted molar refractivity (Wildman–Crippen MR) is 81.5 cm³/mol. The number of nitrogens with zero attached hydrogens (tertiary/aromatic N) is 4. The second-order valence-electron chi connectivity index (χ2n) is 6.07. The Morgan fingerprint density at radius 3 is 2.85 bits per heavy atom. The summed E-state index contributed by atoms with van der Waals surface area (Å²) in [4.78, 5) is 6.96. The van der Waals surface area contributed by atoms with Crippen molar-refractivity contribution in [2.24, 2.45) is 5.92 Å². The third-order valence-corrected chi connectivity index (χ3v) is 4.31. The van der Waals surface area contributed by atoms with Gasteiger partial charge in [0.25, 0.3) is 0 Å². The maximum Gasteiger partial charge on any atom is 0.141 e. The Kier molecular flexibility index (Phi) is 5.54. The molecule has 20 heavy (non-hydrogen) atoms. The fraction of sp³-hybridized carbons (Fsp3) is 0.867. The maximum absolute atomic E-state index is 4.43. The summed E-state index contributed by atoms with van der Waals surface area (Å²) in [6, 6.07) is 1.07. The molecule has 1 N–H and O–H groups in total. The van der Waals surface area contributed by atoms with E-state index in [0.717, 1.165) is 31.4 Å². The summed E-state index contributed by atoms with van der Waals surface area (Å²) >= 11 is 0. The highest BCUT2D eigenvalue weighted by atomic mass is 15.4. The summed E-state index contributed by atoms with van der Waals surface area (Å²) in [6.07, 6.45) is 4.16. The van der Waals surface area contributed by atoms with Gasteiger partial charge in [-0.3, -0.25) is 4.90 Å². The zero-order chi connectivity index (χ0) is 14.5. The van der Waals surface area contributed by atoms with Gasteiger partial charge in [0, 0.05) is 25.2 Å². The molecule has 1 aromatic heterocycles. The summed E-state index contributed by atoms with van der Waals surface area (Å²) in [6.45, 7) is 13.1. The van der Waals surface area contributed by atoms with Crippen LogP contribution in [-0.2, 0) is 6.54 Å². The van der Waals surface area contributed by atoms with E-state index in [-0.39, 0.29) is 0 Å². The first-order chi connectivity index (χ1) is 9.65. The first-order valence-electron chi connectivity index (χ1n) is 7.99. The summed E-state index contributed by atoms with van der Waals surface area (Å²) in [7, 11) is 0. The van der Waals surface area contributed by atoms with Crippen LogP contribution in [0.5, 0.6) is 0 Å². The van der Waals surface area contributed by atoms with Crippen molar-refractivity contribution in [1.29, 1.82) is 0 Å². The van der Waals surface area contributed by atoms with E-state index < -0.39 is 0 Å². The van der Waals surface area contributed by atoms with Gasteiger partial charge in [0.05, 0.1) is 6.54 Å². The van der Waals surface area contributed by atoms with Gasteiger partial charge in [-0.25, -0.2) is 9.67 Å². The van der Waals surface area contributed by atoms with Crippen molar-refractivity contribution >= 4 is 0 Å². The molecule has 0 aromatic carbocycles. The monoisotopic (exact) mass is 279 g/mol. The molecule has 1 saturated heterocycles. The average molecular weight is 279 g/mol. The molecule has 0 bridgehead atoms. The van der Waals surface area contributed by atoms with Gasteiger partial charge in [-0.05, 0) is 32.7 Å². The van der Waals surface area contributed by atoms with Gasteiger partial charge in [0.1, 0.15) is 12.2 Å². The van der Waals surface area contributed by atoms with E-state index in [0.29, 0.717) is 12.1 Å². The molecule has 2 heterocycles. The first kappa shape index (κ1) is 15.4. The normalized spacial score (nSPS) is 24.4. The van der Waals surface area contributed by atoms with Crippen molar-refractivity contribution < 1.29 is 0 Å². The Hall–Kier alpha value is -0.940. The molecule has 2 unspecified atom stereocenters. The maximum atomic E-state index is 4.43. The molecule has 1 aliphatic heterocycles. The quantitative estimate of drug-likeness (QED) is 0.866. The van der Waals surface area contributed by atoms with Crippen LogP contribution in [0.4, 0.5) is 0 Å². The molecule has 1 aromatic rings. The van der Waals surface area contributed by atoms with Gasteiger partial charge in [0.2, 0.25) is 0 Å². The van der Waals surface area contributed by atoms with Gasteiger partial charge in [-0.1, -0.05) is 20.3 Å². The predicted octanol–water partition coefficient (Wildman–Crippen LogP) is 2.07.